The molecule has 0 radical (unpaired) electrons. The van der Waals surface area contributed by atoms with E-state index >= 15 is 0 Å². The molecule has 0 unspecified atom stereocenters. The Hall–Kier alpha value is -2.53. The van der Waals surface area contributed by atoms with E-state index in [0.717, 1.165) is 9.13 Å². The van der Waals surface area contributed by atoms with E-state index in [1.54, 1.807) is 18.2 Å². The Balaban J connectivity index is 1.62. The van der Waals surface area contributed by atoms with Crippen LogP contribution in [0.3, 0.4) is 0 Å². The van der Waals surface area contributed by atoms with Gasteiger partial charge in [-0.1, -0.05) is 12.1 Å². The Labute approximate surface area is 162 Å². The van der Waals surface area contributed by atoms with Gasteiger partial charge in [0.05, 0.1) is 6.61 Å². The van der Waals surface area contributed by atoms with Crippen molar-refractivity contribution in [3.8, 4) is 0 Å². The number of aliphatic hydroxyl groups excluding tert-OH is 1. The Kier molecular flexibility index (Phi) is 5.78. The first kappa shape index (κ1) is 18.3. The summed E-state index contributed by atoms with van der Waals surface area (Å²) >= 11 is 2.19. The van der Waals surface area contributed by atoms with Gasteiger partial charge in [-0.05, 0) is 58.5 Å². The van der Waals surface area contributed by atoms with Crippen LogP contribution in [0, 0.1) is 3.57 Å². The third kappa shape index (κ3) is 4.35. The standard InChI is InChI=1S/C17H16IN5O3/c18-12-3-1-2-10(6-12)8-19-17(26)15(9-24)20-16(25)11-4-5-13-14(7-11)22-23-21-13/h1-7,15,24H,8-9H2,(H,19,26)(H,20,25)(H,21,22,23)/t15-/m0/s1. The molecule has 3 aromatic rings. The minimum atomic E-state index is -1.04. The summed E-state index contributed by atoms with van der Waals surface area (Å²) in [5.74, 6) is -0.930. The van der Waals surface area contributed by atoms with Gasteiger partial charge in [0.1, 0.15) is 17.1 Å². The molecule has 2 amide bonds. The van der Waals surface area contributed by atoms with Crippen molar-refractivity contribution >= 4 is 45.4 Å². The van der Waals surface area contributed by atoms with Gasteiger partial charge in [0.15, 0.2) is 0 Å². The molecule has 1 aromatic heterocycles. The topological polar surface area (TPSA) is 120 Å². The van der Waals surface area contributed by atoms with E-state index in [9.17, 15) is 14.7 Å². The molecule has 2 aromatic carbocycles. The van der Waals surface area contributed by atoms with Crippen LogP contribution in [0.2, 0.25) is 0 Å². The number of nitrogens with one attached hydrogen (secondary N) is 3. The fourth-order valence-corrected chi connectivity index (χ4v) is 2.98. The second-order valence-electron chi connectivity index (χ2n) is 5.58. The number of rotatable bonds is 6. The van der Waals surface area contributed by atoms with Crippen molar-refractivity contribution in [2.75, 3.05) is 6.61 Å². The molecular formula is C17H16IN5O3. The molecule has 3 rings (SSSR count). The number of amides is 2. The number of hydrogen-bond donors (Lipinski definition) is 4. The van der Waals surface area contributed by atoms with Gasteiger partial charge in [0, 0.05) is 15.7 Å². The van der Waals surface area contributed by atoms with Gasteiger partial charge in [0.2, 0.25) is 5.91 Å². The van der Waals surface area contributed by atoms with Gasteiger partial charge >= 0.3 is 0 Å². The summed E-state index contributed by atoms with van der Waals surface area (Å²) in [5, 5.41) is 25.0. The van der Waals surface area contributed by atoms with E-state index in [0.29, 0.717) is 23.1 Å². The number of halogens is 1. The van der Waals surface area contributed by atoms with Crippen LogP contribution in [0.15, 0.2) is 42.5 Å². The van der Waals surface area contributed by atoms with Crippen LogP contribution >= 0.6 is 22.6 Å². The number of fused-ring (bicyclic) bond motifs is 1. The van der Waals surface area contributed by atoms with Crippen LogP contribution in [0.1, 0.15) is 15.9 Å². The summed E-state index contributed by atoms with van der Waals surface area (Å²) in [4.78, 5) is 24.6. The van der Waals surface area contributed by atoms with Crippen molar-refractivity contribution < 1.29 is 14.7 Å². The molecule has 1 atom stereocenters. The predicted molar refractivity (Wildman–Crippen MR) is 103 cm³/mol. The minimum Gasteiger partial charge on any atom is -0.394 e. The number of H-pyrrole nitrogens is 1. The van der Waals surface area contributed by atoms with Gasteiger partial charge in [0.25, 0.3) is 5.91 Å². The maximum absolute atomic E-state index is 12.3. The number of carbonyl (C=O) groups excluding carboxylic acids is 2. The van der Waals surface area contributed by atoms with Gasteiger partial charge in [-0.3, -0.25) is 9.59 Å². The average molecular weight is 465 g/mol. The summed E-state index contributed by atoms with van der Waals surface area (Å²) in [7, 11) is 0. The largest absolute Gasteiger partial charge is 0.394 e. The van der Waals surface area contributed by atoms with Crippen molar-refractivity contribution in [1.29, 1.82) is 0 Å². The molecule has 1 heterocycles. The van der Waals surface area contributed by atoms with Gasteiger partial charge in [-0.15, -0.1) is 0 Å². The average Bonchev–Trinajstić information content (AvgIpc) is 3.11. The highest BCUT2D eigenvalue weighted by molar-refractivity contribution is 14.1. The number of carbonyl (C=O) groups is 2. The smallest absolute Gasteiger partial charge is 0.252 e. The zero-order valence-corrected chi connectivity index (χ0v) is 15.7. The number of hydrogen-bond acceptors (Lipinski definition) is 5. The third-order valence-corrected chi connectivity index (χ3v) is 4.41. The first-order valence-electron chi connectivity index (χ1n) is 7.81. The van der Waals surface area contributed by atoms with Crippen molar-refractivity contribution in [2.45, 2.75) is 12.6 Å². The second kappa shape index (κ2) is 8.23. The highest BCUT2D eigenvalue weighted by Crippen LogP contribution is 2.11. The van der Waals surface area contributed by atoms with Crippen LogP contribution in [0.5, 0.6) is 0 Å². The minimum absolute atomic E-state index is 0.312. The van der Waals surface area contributed by atoms with Crippen LogP contribution in [-0.2, 0) is 11.3 Å². The van der Waals surface area contributed by atoms with Gasteiger partial charge < -0.3 is 15.7 Å². The molecule has 8 nitrogen and oxygen atoms in total. The maximum atomic E-state index is 12.3. The Bertz CT molecular complexity index is 943. The van der Waals surface area contributed by atoms with Gasteiger partial charge in [-0.2, -0.15) is 15.4 Å². The van der Waals surface area contributed by atoms with E-state index in [-0.39, 0.29) is 0 Å². The highest BCUT2D eigenvalue weighted by atomic mass is 127. The normalized spacial score (nSPS) is 11.9. The van der Waals surface area contributed by atoms with E-state index in [2.05, 4.69) is 48.6 Å². The van der Waals surface area contributed by atoms with Crippen LogP contribution < -0.4 is 10.6 Å². The zero-order valence-electron chi connectivity index (χ0n) is 13.6. The number of aliphatic hydroxyl groups is 1. The molecule has 26 heavy (non-hydrogen) atoms. The predicted octanol–water partition coefficient (Wildman–Crippen LogP) is 0.970. The summed E-state index contributed by atoms with van der Waals surface area (Å²) in [5.41, 5.74) is 2.44. The van der Waals surface area contributed by atoms with Crippen molar-refractivity contribution in [3.63, 3.8) is 0 Å². The van der Waals surface area contributed by atoms with E-state index in [4.69, 9.17) is 0 Å². The molecule has 0 spiro atoms. The molecule has 0 aliphatic heterocycles. The summed E-state index contributed by atoms with van der Waals surface area (Å²) in [6.45, 7) is -0.191. The fraction of sp³-hybridized carbons (Fsp3) is 0.176. The molecule has 0 fully saturated rings. The molecule has 0 saturated heterocycles. The number of aromatic nitrogens is 3. The lowest BCUT2D eigenvalue weighted by atomic mass is 10.1. The third-order valence-electron chi connectivity index (χ3n) is 3.74. The fourth-order valence-electron chi connectivity index (χ4n) is 2.38. The molecule has 134 valence electrons. The Morgan fingerprint density at radius 3 is 2.73 bits per heavy atom. The summed E-state index contributed by atoms with van der Waals surface area (Å²) in [6, 6.07) is 11.4. The molecule has 0 aliphatic rings. The Morgan fingerprint density at radius 2 is 1.96 bits per heavy atom. The van der Waals surface area contributed by atoms with Crippen molar-refractivity contribution in [2.24, 2.45) is 0 Å². The first-order valence-corrected chi connectivity index (χ1v) is 8.89. The summed E-state index contributed by atoms with van der Waals surface area (Å²) < 4.78 is 1.06. The zero-order chi connectivity index (χ0) is 18.5. The lowest BCUT2D eigenvalue weighted by Gasteiger charge is -2.16. The lowest BCUT2D eigenvalue weighted by Crippen LogP contribution is -2.48. The molecule has 0 saturated carbocycles. The monoisotopic (exact) mass is 465 g/mol. The molecule has 0 aliphatic carbocycles. The number of aromatic amines is 1. The second-order valence-corrected chi connectivity index (χ2v) is 6.83. The quantitative estimate of drug-likeness (QED) is 0.405. The summed E-state index contributed by atoms with van der Waals surface area (Å²) in [6.07, 6.45) is 0. The van der Waals surface area contributed by atoms with Crippen molar-refractivity contribution in [1.82, 2.24) is 26.0 Å². The maximum Gasteiger partial charge on any atom is 0.252 e. The van der Waals surface area contributed by atoms with E-state index in [1.807, 2.05) is 24.3 Å². The molecule has 9 heteroatoms. The SMILES string of the molecule is O=C(N[C@@H](CO)C(=O)NCc1cccc(I)c1)c1ccc2n[nH]nc2c1. The van der Waals surface area contributed by atoms with E-state index in [1.165, 1.54) is 0 Å². The molecule has 0 bridgehead atoms. The number of benzene rings is 2. The number of nitrogens with zero attached hydrogens (tertiary/aromatic N) is 2. The van der Waals surface area contributed by atoms with Crippen LogP contribution in [-0.4, -0.2) is 45.0 Å². The lowest BCUT2D eigenvalue weighted by molar-refractivity contribution is -0.124. The van der Waals surface area contributed by atoms with E-state index < -0.39 is 24.5 Å². The molecular weight excluding hydrogens is 449 g/mol. The molecule has 4 N–H and O–H groups in total. The van der Waals surface area contributed by atoms with Crippen LogP contribution in [0.25, 0.3) is 11.0 Å². The van der Waals surface area contributed by atoms with Gasteiger partial charge in [-0.25, -0.2) is 0 Å². The van der Waals surface area contributed by atoms with Crippen molar-refractivity contribution in [3.05, 3.63) is 57.2 Å². The highest BCUT2D eigenvalue weighted by Gasteiger charge is 2.20. The first-order chi connectivity index (χ1) is 12.6. The van der Waals surface area contributed by atoms with Crippen LogP contribution in [0.4, 0.5) is 0 Å². The Morgan fingerprint density at radius 1 is 1.15 bits per heavy atom.